The molecular formula is C13H10IN3O4. The zero-order chi connectivity index (χ0) is 15.4. The Bertz CT molecular complexity index is 688. The molecule has 0 saturated carbocycles. The SMILES string of the molecule is CNC(=O)c1ccc(Oc2cc(C(=O)O)ccc2I)nn1. The van der Waals surface area contributed by atoms with Crippen molar-refractivity contribution in [3.05, 3.63) is 45.2 Å². The number of aromatic nitrogens is 2. The van der Waals surface area contributed by atoms with Gasteiger partial charge in [0.2, 0.25) is 5.88 Å². The number of benzene rings is 1. The van der Waals surface area contributed by atoms with E-state index in [9.17, 15) is 9.59 Å². The molecule has 2 aromatic rings. The Hall–Kier alpha value is -2.23. The van der Waals surface area contributed by atoms with Crippen molar-refractivity contribution in [1.82, 2.24) is 15.5 Å². The summed E-state index contributed by atoms with van der Waals surface area (Å²) in [6.45, 7) is 0. The lowest BCUT2D eigenvalue weighted by Crippen LogP contribution is -2.19. The van der Waals surface area contributed by atoms with Crippen LogP contribution in [0.25, 0.3) is 0 Å². The van der Waals surface area contributed by atoms with Crippen LogP contribution in [0.2, 0.25) is 0 Å². The molecule has 0 radical (unpaired) electrons. The normalized spacial score (nSPS) is 10.0. The van der Waals surface area contributed by atoms with Crippen molar-refractivity contribution in [3.8, 4) is 11.6 Å². The summed E-state index contributed by atoms with van der Waals surface area (Å²) in [5.41, 5.74) is 0.277. The third kappa shape index (κ3) is 3.66. The fourth-order valence-electron chi connectivity index (χ4n) is 1.45. The zero-order valence-corrected chi connectivity index (χ0v) is 13.0. The predicted molar refractivity (Wildman–Crippen MR) is 81.6 cm³/mol. The average molecular weight is 399 g/mol. The van der Waals surface area contributed by atoms with Crippen LogP contribution in [-0.2, 0) is 0 Å². The van der Waals surface area contributed by atoms with Crippen molar-refractivity contribution in [2.24, 2.45) is 0 Å². The summed E-state index contributed by atoms with van der Waals surface area (Å²) in [6, 6.07) is 7.47. The van der Waals surface area contributed by atoms with Crippen molar-refractivity contribution in [1.29, 1.82) is 0 Å². The number of halogens is 1. The number of nitrogens with zero attached hydrogens (tertiary/aromatic N) is 2. The molecule has 108 valence electrons. The van der Waals surface area contributed by atoms with Crippen molar-refractivity contribution in [2.75, 3.05) is 7.05 Å². The van der Waals surface area contributed by atoms with Crippen LogP contribution in [0, 0.1) is 3.57 Å². The third-order valence-electron chi connectivity index (χ3n) is 2.49. The van der Waals surface area contributed by atoms with Gasteiger partial charge in [0.05, 0.1) is 9.13 Å². The summed E-state index contributed by atoms with van der Waals surface area (Å²) >= 11 is 2.02. The summed E-state index contributed by atoms with van der Waals surface area (Å²) < 4.78 is 6.22. The first-order chi connectivity index (χ1) is 10.0. The highest BCUT2D eigenvalue weighted by molar-refractivity contribution is 14.1. The van der Waals surface area contributed by atoms with E-state index in [-0.39, 0.29) is 23.0 Å². The molecule has 0 unspecified atom stereocenters. The zero-order valence-electron chi connectivity index (χ0n) is 10.8. The van der Waals surface area contributed by atoms with Crippen molar-refractivity contribution >= 4 is 34.5 Å². The van der Waals surface area contributed by atoms with Gasteiger partial charge in [0.25, 0.3) is 5.91 Å². The number of amides is 1. The van der Waals surface area contributed by atoms with Crippen LogP contribution in [0.1, 0.15) is 20.8 Å². The lowest BCUT2D eigenvalue weighted by molar-refractivity contribution is 0.0696. The predicted octanol–water partition coefficient (Wildman–Crippen LogP) is 1.93. The minimum Gasteiger partial charge on any atom is -0.478 e. The quantitative estimate of drug-likeness (QED) is 0.763. The number of carboxylic acids is 1. The van der Waals surface area contributed by atoms with Gasteiger partial charge in [0.15, 0.2) is 5.69 Å². The Labute approximate surface area is 133 Å². The van der Waals surface area contributed by atoms with Crippen LogP contribution in [0.4, 0.5) is 0 Å². The molecule has 0 fully saturated rings. The summed E-state index contributed by atoms with van der Waals surface area (Å²) in [6.07, 6.45) is 0. The van der Waals surface area contributed by atoms with Gasteiger partial charge < -0.3 is 15.2 Å². The van der Waals surface area contributed by atoms with E-state index in [1.165, 1.54) is 31.3 Å². The summed E-state index contributed by atoms with van der Waals surface area (Å²) in [4.78, 5) is 22.3. The molecule has 0 atom stereocenters. The Morgan fingerprint density at radius 3 is 2.57 bits per heavy atom. The number of hydrogen-bond acceptors (Lipinski definition) is 5. The molecular weight excluding hydrogens is 389 g/mol. The standard InChI is InChI=1S/C13H10IN3O4/c1-15-12(18)9-4-5-11(17-16-9)21-10-6-7(13(19)20)2-3-8(10)14/h2-6H,1H3,(H,15,18)(H,19,20). The number of carboxylic acid groups (broad SMARTS) is 1. The number of ether oxygens (including phenoxy) is 1. The average Bonchev–Trinajstić information content (AvgIpc) is 2.49. The third-order valence-corrected chi connectivity index (χ3v) is 3.38. The van der Waals surface area contributed by atoms with E-state index in [4.69, 9.17) is 9.84 Å². The van der Waals surface area contributed by atoms with Gasteiger partial charge in [-0.15, -0.1) is 10.2 Å². The van der Waals surface area contributed by atoms with E-state index in [1.807, 2.05) is 22.6 Å². The molecule has 2 N–H and O–H groups in total. The van der Waals surface area contributed by atoms with E-state index < -0.39 is 5.97 Å². The van der Waals surface area contributed by atoms with Crippen LogP contribution >= 0.6 is 22.6 Å². The number of nitrogens with one attached hydrogen (secondary N) is 1. The molecule has 0 aliphatic carbocycles. The number of carbonyl (C=O) groups excluding carboxylic acids is 1. The lowest BCUT2D eigenvalue weighted by atomic mass is 10.2. The summed E-state index contributed by atoms with van der Waals surface area (Å²) in [5, 5.41) is 18.9. The smallest absolute Gasteiger partial charge is 0.335 e. The summed E-state index contributed by atoms with van der Waals surface area (Å²) in [5.74, 6) is -0.866. The van der Waals surface area contributed by atoms with Gasteiger partial charge in [-0.05, 0) is 46.9 Å². The molecule has 7 nitrogen and oxygen atoms in total. The van der Waals surface area contributed by atoms with Crippen molar-refractivity contribution in [3.63, 3.8) is 0 Å². The molecule has 1 aromatic carbocycles. The minimum absolute atomic E-state index is 0.111. The molecule has 1 heterocycles. The van der Waals surface area contributed by atoms with E-state index in [0.717, 1.165) is 3.57 Å². The molecule has 8 heteroatoms. The highest BCUT2D eigenvalue weighted by atomic mass is 127. The Morgan fingerprint density at radius 2 is 2.00 bits per heavy atom. The van der Waals surface area contributed by atoms with Crippen LogP contribution < -0.4 is 10.1 Å². The van der Waals surface area contributed by atoms with E-state index in [0.29, 0.717) is 5.75 Å². The lowest BCUT2D eigenvalue weighted by Gasteiger charge is -2.07. The molecule has 1 aromatic heterocycles. The second kappa shape index (κ2) is 6.48. The van der Waals surface area contributed by atoms with Crippen molar-refractivity contribution in [2.45, 2.75) is 0 Å². The van der Waals surface area contributed by atoms with Gasteiger partial charge in [-0.2, -0.15) is 0 Å². The Morgan fingerprint density at radius 1 is 1.24 bits per heavy atom. The first kappa shape index (κ1) is 15.2. The van der Waals surface area contributed by atoms with Gasteiger partial charge in [0.1, 0.15) is 5.75 Å². The van der Waals surface area contributed by atoms with Crippen LogP contribution in [0.15, 0.2) is 30.3 Å². The maximum absolute atomic E-state index is 11.3. The molecule has 2 rings (SSSR count). The molecule has 0 bridgehead atoms. The maximum atomic E-state index is 11.3. The molecule has 1 amide bonds. The molecule has 0 spiro atoms. The highest BCUT2D eigenvalue weighted by Gasteiger charge is 2.11. The number of carbonyl (C=O) groups is 2. The highest BCUT2D eigenvalue weighted by Crippen LogP contribution is 2.26. The van der Waals surface area contributed by atoms with Gasteiger partial charge in [-0.1, -0.05) is 0 Å². The summed E-state index contributed by atoms with van der Waals surface area (Å²) in [7, 11) is 1.49. The van der Waals surface area contributed by atoms with Crippen LogP contribution in [-0.4, -0.2) is 34.2 Å². The molecule has 0 saturated heterocycles. The first-order valence-corrected chi connectivity index (χ1v) is 6.85. The number of rotatable bonds is 4. The second-order valence-electron chi connectivity index (χ2n) is 3.89. The van der Waals surface area contributed by atoms with Crippen molar-refractivity contribution < 1.29 is 19.4 Å². The molecule has 21 heavy (non-hydrogen) atoms. The van der Waals surface area contributed by atoms with Crippen LogP contribution in [0.3, 0.4) is 0 Å². The number of hydrogen-bond donors (Lipinski definition) is 2. The minimum atomic E-state index is -1.04. The topological polar surface area (TPSA) is 101 Å². The van der Waals surface area contributed by atoms with Gasteiger partial charge in [-0.3, -0.25) is 4.79 Å². The van der Waals surface area contributed by atoms with Gasteiger partial charge >= 0.3 is 5.97 Å². The largest absolute Gasteiger partial charge is 0.478 e. The molecule has 0 aliphatic heterocycles. The van der Waals surface area contributed by atoms with Gasteiger partial charge in [0, 0.05) is 13.1 Å². The second-order valence-corrected chi connectivity index (χ2v) is 5.05. The first-order valence-electron chi connectivity index (χ1n) is 5.78. The van der Waals surface area contributed by atoms with E-state index in [1.54, 1.807) is 6.07 Å². The van der Waals surface area contributed by atoms with E-state index >= 15 is 0 Å². The fraction of sp³-hybridized carbons (Fsp3) is 0.0769. The maximum Gasteiger partial charge on any atom is 0.335 e. The Kier molecular flexibility index (Phi) is 4.68. The Balaban J connectivity index is 2.23. The van der Waals surface area contributed by atoms with Gasteiger partial charge in [-0.25, -0.2) is 4.79 Å². The molecule has 0 aliphatic rings. The van der Waals surface area contributed by atoms with Crippen LogP contribution in [0.5, 0.6) is 11.6 Å². The number of aromatic carboxylic acids is 1. The fourth-order valence-corrected chi connectivity index (χ4v) is 1.90. The van der Waals surface area contributed by atoms with E-state index in [2.05, 4.69) is 15.5 Å². The monoisotopic (exact) mass is 399 g/mol.